The third-order valence-corrected chi connectivity index (χ3v) is 5.55. The van der Waals surface area contributed by atoms with E-state index in [-0.39, 0.29) is 17.4 Å². The Labute approximate surface area is 139 Å². The minimum Gasteiger partial charge on any atom is -0.348 e. The summed E-state index contributed by atoms with van der Waals surface area (Å²) in [5.74, 6) is 0.407. The molecule has 3 atom stereocenters. The normalized spacial score (nSPS) is 33.6. The molecule has 2 heterocycles. The topological polar surface area (TPSA) is 12.5 Å². The number of piperidine rings is 1. The van der Waals surface area contributed by atoms with Gasteiger partial charge in [-0.15, -0.1) is 6.58 Å². The van der Waals surface area contributed by atoms with Gasteiger partial charge in [-0.2, -0.15) is 0 Å². The van der Waals surface area contributed by atoms with Crippen LogP contribution in [0.2, 0.25) is 0 Å². The van der Waals surface area contributed by atoms with E-state index in [0.717, 1.165) is 24.3 Å². The summed E-state index contributed by atoms with van der Waals surface area (Å²) in [6, 6.07) is 10.8. The van der Waals surface area contributed by atoms with Gasteiger partial charge in [-0.05, 0) is 45.6 Å². The van der Waals surface area contributed by atoms with E-state index < -0.39 is 0 Å². The van der Waals surface area contributed by atoms with Gasteiger partial charge in [0.1, 0.15) is 5.72 Å². The maximum atomic E-state index is 6.52. The summed E-state index contributed by atoms with van der Waals surface area (Å²) >= 11 is 5.88. The summed E-state index contributed by atoms with van der Waals surface area (Å²) in [7, 11) is 0. The van der Waals surface area contributed by atoms with Crippen LogP contribution in [0.4, 0.5) is 0 Å². The fraction of sp³-hybridized carbons (Fsp3) is 0.526. The first-order valence-electron chi connectivity index (χ1n) is 8.08. The maximum Gasteiger partial charge on any atom is 0.140 e. The van der Waals surface area contributed by atoms with Gasteiger partial charge >= 0.3 is 0 Å². The van der Waals surface area contributed by atoms with Gasteiger partial charge in [0, 0.05) is 5.92 Å². The maximum absolute atomic E-state index is 6.52. The van der Waals surface area contributed by atoms with Gasteiger partial charge in [-0.25, -0.2) is 0 Å². The van der Waals surface area contributed by atoms with E-state index in [1.165, 1.54) is 5.56 Å². The summed E-state index contributed by atoms with van der Waals surface area (Å²) in [5.41, 5.74) is 0.722. The Morgan fingerprint density at radius 2 is 2.00 bits per heavy atom. The zero-order chi connectivity index (χ0) is 16.0. The van der Waals surface area contributed by atoms with Crippen LogP contribution in [0, 0.1) is 5.92 Å². The second kappa shape index (κ2) is 5.47. The molecule has 0 saturated carbocycles. The molecule has 0 aliphatic carbocycles. The van der Waals surface area contributed by atoms with E-state index in [1.54, 1.807) is 0 Å². The quantitative estimate of drug-likeness (QED) is 0.583. The highest BCUT2D eigenvalue weighted by Crippen LogP contribution is 2.53. The number of thiocarbonyl (C=S) groups is 1. The van der Waals surface area contributed by atoms with Gasteiger partial charge in [0.2, 0.25) is 0 Å². The molecule has 1 aromatic carbocycles. The highest BCUT2D eigenvalue weighted by molar-refractivity contribution is 7.80. The third-order valence-electron chi connectivity index (χ3n) is 5.02. The first-order chi connectivity index (χ1) is 10.4. The molecule has 118 valence electrons. The zero-order valence-electron chi connectivity index (χ0n) is 13.7. The standard InChI is InChI=1S/C19H25NOS/c1-5-9-15-12-13-19(4)20(17(15)22)16(18(2,3)21-19)14-10-7-6-8-11-14/h5-8,10-11,15-16H,1,9,12-13H2,2-4H3/t15-,16+,19-/m0/s1. The van der Waals surface area contributed by atoms with Crippen LogP contribution in [0.5, 0.6) is 0 Å². The Morgan fingerprint density at radius 3 is 2.64 bits per heavy atom. The Bertz CT molecular complexity index is 582. The van der Waals surface area contributed by atoms with E-state index in [1.807, 2.05) is 6.08 Å². The molecule has 3 rings (SSSR count). The largest absolute Gasteiger partial charge is 0.348 e. The van der Waals surface area contributed by atoms with Crippen LogP contribution in [0.25, 0.3) is 0 Å². The first-order valence-corrected chi connectivity index (χ1v) is 8.49. The average molecular weight is 315 g/mol. The highest BCUT2D eigenvalue weighted by Gasteiger charge is 2.57. The van der Waals surface area contributed by atoms with Crippen LogP contribution in [-0.4, -0.2) is 21.2 Å². The fourth-order valence-corrected chi connectivity index (χ4v) is 4.67. The van der Waals surface area contributed by atoms with Crippen LogP contribution in [0.1, 0.15) is 51.6 Å². The highest BCUT2D eigenvalue weighted by atomic mass is 32.1. The number of fused-ring (bicyclic) bond motifs is 1. The third kappa shape index (κ3) is 2.40. The van der Waals surface area contributed by atoms with Crippen molar-refractivity contribution in [2.75, 3.05) is 0 Å². The molecule has 0 amide bonds. The smallest absolute Gasteiger partial charge is 0.140 e. The Morgan fingerprint density at radius 1 is 1.32 bits per heavy atom. The molecule has 2 nitrogen and oxygen atoms in total. The Balaban J connectivity index is 2.04. The van der Waals surface area contributed by atoms with Crippen molar-refractivity contribution in [3.8, 4) is 0 Å². The van der Waals surface area contributed by atoms with Gasteiger partial charge in [0.15, 0.2) is 0 Å². The molecule has 0 radical (unpaired) electrons. The average Bonchev–Trinajstić information content (AvgIpc) is 2.69. The van der Waals surface area contributed by atoms with Gasteiger partial charge in [-0.1, -0.05) is 48.6 Å². The lowest BCUT2D eigenvalue weighted by Crippen LogP contribution is -2.52. The number of ether oxygens (including phenoxy) is 1. The van der Waals surface area contributed by atoms with Gasteiger partial charge in [0.05, 0.1) is 16.6 Å². The van der Waals surface area contributed by atoms with E-state index in [4.69, 9.17) is 17.0 Å². The number of nitrogens with zero attached hydrogens (tertiary/aromatic N) is 1. The molecule has 1 aromatic rings. The molecule has 3 heteroatoms. The predicted octanol–water partition coefficient (Wildman–Crippen LogP) is 4.87. The van der Waals surface area contributed by atoms with Crippen molar-refractivity contribution in [3.05, 3.63) is 48.6 Å². The SMILES string of the molecule is C=CC[C@H]1CC[C@]2(C)OC(C)(C)[C@@H](c3ccccc3)N2C1=S. The van der Waals surface area contributed by atoms with E-state index in [2.05, 4.69) is 62.6 Å². The minimum atomic E-state index is -0.293. The van der Waals surface area contributed by atoms with Crippen molar-refractivity contribution in [2.24, 2.45) is 5.92 Å². The van der Waals surface area contributed by atoms with Crippen molar-refractivity contribution >= 4 is 17.2 Å². The minimum absolute atomic E-state index is 0.166. The number of rotatable bonds is 3. The van der Waals surface area contributed by atoms with E-state index in [9.17, 15) is 0 Å². The van der Waals surface area contributed by atoms with E-state index in [0.29, 0.717) is 5.92 Å². The molecule has 2 aliphatic heterocycles. The van der Waals surface area contributed by atoms with Crippen LogP contribution in [-0.2, 0) is 4.74 Å². The Hall–Kier alpha value is -1.19. The lowest BCUT2D eigenvalue weighted by atomic mass is 9.85. The lowest BCUT2D eigenvalue weighted by molar-refractivity contribution is -0.114. The van der Waals surface area contributed by atoms with E-state index >= 15 is 0 Å². The monoisotopic (exact) mass is 315 g/mol. The molecule has 0 spiro atoms. The first kappa shape index (κ1) is 15.7. The molecule has 0 unspecified atom stereocenters. The second-order valence-corrected chi connectivity index (χ2v) is 7.58. The zero-order valence-corrected chi connectivity index (χ0v) is 14.5. The van der Waals surface area contributed by atoms with Crippen LogP contribution < -0.4 is 0 Å². The van der Waals surface area contributed by atoms with Crippen LogP contribution in [0.3, 0.4) is 0 Å². The summed E-state index contributed by atoms with van der Waals surface area (Å²) in [5, 5.41) is 0. The van der Waals surface area contributed by atoms with Crippen LogP contribution in [0.15, 0.2) is 43.0 Å². The van der Waals surface area contributed by atoms with Crippen molar-refractivity contribution < 1.29 is 4.74 Å². The van der Waals surface area contributed by atoms with Crippen molar-refractivity contribution in [1.82, 2.24) is 4.90 Å². The number of benzene rings is 1. The lowest BCUT2D eigenvalue weighted by Gasteiger charge is -2.45. The van der Waals surface area contributed by atoms with Crippen LogP contribution >= 0.6 is 12.2 Å². The number of hydrogen-bond acceptors (Lipinski definition) is 2. The van der Waals surface area contributed by atoms with Gasteiger partial charge in [-0.3, -0.25) is 0 Å². The summed E-state index contributed by atoms with van der Waals surface area (Å²) < 4.78 is 6.52. The molecule has 0 N–H and O–H groups in total. The van der Waals surface area contributed by atoms with Crippen molar-refractivity contribution in [1.29, 1.82) is 0 Å². The molecule has 0 bridgehead atoms. The second-order valence-electron chi connectivity index (χ2n) is 7.16. The molecular formula is C19H25NOS. The molecule has 2 fully saturated rings. The summed E-state index contributed by atoms with van der Waals surface area (Å²) in [6.07, 6.45) is 5.03. The molecule has 2 aliphatic rings. The Kier molecular flexibility index (Phi) is 3.90. The summed E-state index contributed by atoms with van der Waals surface area (Å²) in [4.78, 5) is 3.41. The molecule has 0 aromatic heterocycles. The van der Waals surface area contributed by atoms with Crippen molar-refractivity contribution in [3.63, 3.8) is 0 Å². The number of hydrogen-bond donors (Lipinski definition) is 0. The predicted molar refractivity (Wildman–Crippen MR) is 94.7 cm³/mol. The van der Waals surface area contributed by atoms with Crippen molar-refractivity contribution in [2.45, 2.75) is 57.4 Å². The van der Waals surface area contributed by atoms with Gasteiger partial charge < -0.3 is 9.64 Å². The fourth-order valence-electron chi connectivity index (χ4n) is 4.16. The van der Waals surface area contributed by atoms with Gasteiger partial charge in [0.25, 0.3) is 0 Å². The summed E-state index contributed by atoms with van der Waals surface area (Å²) in [6.45, 7) is 10.4. The molecule has 2 saturated heterocycles. The number of allylic oxidation sites excluding steroid dienone is 1. The molecule has 22 heavy (non-hydrogen) atoms. The molecular weight excluding hydrogens is 290 g/mol.